The number of thiazole rings is 1. The van der Waals surface area contributed by atoms with Gasteiger partial charge in [-0.15, -0.1) is 11.3 Å². The molecule has 0 saturated heterocycles. The van der Waals surface area contributed by atoms with Crippen molar-refractivity contribution < 1.29 is 0 Å². The first kappa shape index (κ1) is 16.0. The van der Waals surface area contributed by atoms with Gasteiger partial charge in [0.1, 0.15) is 0 Å². The van der Waals surface area contributed by atoms with Crippen molar-refractivity contribution in [1.82, 2.24) is 4.98 Å². The van der Waals surface area contributed by atoms with Gasteiger partial charge in [-0.2, -0.15) is 0 Å². The van der Waals surface area contributed by atoms with Gasteiger partial charge in [0.2, 0.25) is 0 Å². The van der Waals surface area contributed by atoms with Crippen LogP contribution < -0.4 is 5.32 Å². The average Bonchev–Trinajstić information content (AvgIpc) is 2.69. The molecule has 0 spiro atoms. The highest BCUT2D eigenvalue weighted by Gasteiger charge is 2.22. The fourth-order valence-electron chi connectivity index (χ4n) is 2.50. The van der Waals surface area contributed by atoms with Crippen LogP contribution in [-0.4, -0.2) is 4.98 Å². The molecule has 2 aromatic rings. The van der Waals surface area contributed by atoms with Gasteiger partial charge in [-0.05, 0) is 51.0 Å². The minimum Gasteiger partial charge on any atom is -0.378 e. The maximum absolute atomic E-state index is 4.76. The molecule has 1 heterocycles. The Bertz CT molecular complexity index is 615. The van der Waals surface area contributed by atoms with Crippen molar-refractivity contribution in [2.75, 3.05) is 5.32 Å². The van der Waals surface area contributed by atoms with Crippen molar-refractivity contribution in [3.63, 3.8) is 0 Å². The number of hydrogen-bond acceptors (Lipinski definition) is 3. The molecule has 0 amide bonds. The third-order valence-corrected chi connectivity index (χ3v) is 5.24. The molecule has 3 heteroatoms. The SMILES string of the molecule is Cc1cc(C)cc(NC(C)c2sc(C(C)(C)C)nc2C)c1. The highest BCUT2D eigenvalue weighted by Crippen LogP contribution is 2.34. The molecule has 0 aliphatic carbocycles. The quantitative estimate of drug-likeness (QED) is 0.805. The van der Waals surface area contributed by atoms with Crippen molar-refractivity contribution >= 4 is 17.0 Å². The van der Waals surface area contributed by atoms with Crippen molar-refractivity contribution in [3.05, 3.63) is 44.9 Å². The van der Waals surface area contributed by atoms with E-state index in [-0.39, 0.29) is 11.5 Å². The van der Waals surface area contributed by atoms with E-state index in [0.717, 1.165) is 5.69 Å². The van der Waals surface area contributed by atoms with E-state index in [0.29, 0.717) is 0 Å². The molecule has 1 unspecified atom stereocenters. The van der Waals surface area contributed by atoms with E-state index in [2.05, 4.69) is 72.0 Å². The molecule has 1 aromatic heterocycles. The summed E-state index contributed by atoms with van der Waals surface area (Å²) >= 11 is 1.83. The Hall–Kier alpha value is -1.35. The van der Waals surface area contributed by atoms with Gasteiger partial charge < -0.3 is 5.32 Å². The van der Waals surface area contributed by atoms with Crippen LogP contribution in [0.1, 0.15) is 60.4 Å². The molecule has 21 heavy (non-hydrogen) atoms. The Morgan fingerprint density at radius 3 is 2.10 bits per heavy atom. The van der Waals surface area contributed by atoms with E-state index < -0.39 is 0 Å². The number of anilines is 1. The second-order valence-corrected chi connectivity index (χ2v) is 7.99. The number of benzene rings is 1. The zero-order chi connectivity index (χ0) is 15.8. The molecule has 114 valence electrons. The Balaban J connectivity index is 2.24. The maximum Gasteiger partial charge on any atom is 0.0985 e. The summed E-state index contributed by atoms with van der Waals surface area (Å²) in [5.41, 5.74) is 5.04. The Morgan fingerprint density at radius 2 is 1.62 bits per heavy atom. The standard InChI is InChI=1S/C18H26N2S/c1-11-8-12(2)10-15(9-11)19-13(3)16-14(4)20-17(21-16)18(5,6)7/h8-10,13,19H,1-7H3. The summed E-state index contributed by atoms with van der Waals surface area (Å²) in [6, 6.07) is 6.88. The van der Waals surface area contributed by atoms with Crippen molar-refractivity contribution in [3.8, 4) is 0 Å². The van der Waals surface area contributed by atoms with Crippen molar-refractivity contribution in [2.24, 2.45) is 0 Å². The molecular weight excluding hydrogens is 276 g/mol. The lowest BCUT2D eigenvalue weighted by molar-refractivity contribution is 0.584. The molecular formula is C18H26N2S. The molecule has 2 nitrogen and oxygen atoms in total. The van der Waals surface area contributed by atoms with E-state index in [4.69, 9.17) is 4.98 Å². The molecule has 0 radical (unpaired) electrons. The van der Waals surface area contributed by atoms with E-state index >= 15 is 0 Å². The molecule has 1 N–H and O–H groups in total. The summed E-state index contributed by atoms with van der Waals surface area (Å²) < 4.78 is 0. The van der Waals surface area contributed by atoms with Crippen LogP contribution in [0.5, 0.6) is 0 Å². The first-order valence-corrected chi connectivity index (χ1v) is 8.31. The average molecular weight is 302 g/mol. The molecule has 0 fully saturated rings. The molecule has 0 saturated carbocycles. The molecule has 0 aliphatic rings. The summed E-state index contributed by atoms with van der Waals surface area (Å²) in [6.07, 6.45) is 0. The summed E-state index contributed by atoms with van der Waals surface area (Å²) in [7, 11) is 0. The Morgan fingerprint density at radius 1 is 1.05 bits per heavy atom. The molecule has 0 aliphatic heterocycles. The minimum absolute atomic E-state index is 0.118. The van der Waals surface area contributed by atoms with Crippen LogP contribution in [-0.2, 0) is 5.41 Å². The van der Waals surface area contributed by atoms with Crippen LogP contribution in [0.2, 0.25) is 0 Å². The van der Waals surface area contributed by atoms with Gasteiger partial charge in [-0.25, -0.2) is 4.98 Å². The smallest absolute Gasteiger partial charge is 0.0985 e. The highest BCUT2D eigenvalue weighted by molar-refractivity contribution is 7.12. The highest BCUT2D eigenvalue weighted by atomic mass is 32.1. The van der Waals surface area contributed by atoms with E-state index in [1.54, 1.807) is 0 Å². The van der Waals surface area contributed by atoms with Crippen LogP contribution in [0.3, 0.4) is 0 Å². The maximum atomic E-state index is 4.76. The second-order valence-electron chi connectivity index (χ2n) is 6.96. The summed E-state index contributed by atoms with van der Waals surface area (Å²) in [6.45, 7) is 15.3. The molecule has 1 atom stereocenters. The van der Waals surface area contributed by atoms with Gasteiger partial charge in [0.25, 0.3) is 0 Å². The van der Waals surface area contributed by atoms with Gasteiger partial charge >= 0.3 is 0 Å². The van der Waals surface area contributed by atoms with Crippen LogP contribution in [0.25, 0.3) is 0 Å². The predicted molar refractivity (Wildman–Crippen MR) is 93.5 cm³/mol. The fourth-order valence-corrected chi connectivity index (χ4v) is 3.63. The first-order chi connectivity index (χ1) is 9.66. The number of nitrogens with zero attached hydrogens (tertiary/aromatic N) is 1. The third kappa shape index (κ3) is 3.85. The monoisotopic (exact) mass is 302 g/mol. The predicted octanol–water partition coefficient (Wildman–Crippen LogP) is 5.54. The Labute approximate surface area is 132 Å². The van der Waals surface area contributed by atoms with E-state index in [9.17, 15) is 0 Å². The second kappa shape index (κ2) is 5.80. The summed E-state index contributed by atoms with van der Waals surface area (Å²) in [4.78, 5) is 6.09. The largest absolute Gasteiger partial charge is 0.378 e. The van der Waals surface area contributed by atoms with Gasteiger partial charge in [-0.1, -0.05) is 26.8 Å². The number of rotatable bonds is 3. The number of hydrogen-bond donors (Lipinski definition) is 1. The van der Waals surface area contributed by atoms with Crippen molar-refractivity contribution in [1.29, 1.82) is 0 Å². The van der Waals surface area contributed by atoms with Crippen LogP contribution in [0.4, 0.5) is 5.69 Å². The van der Waals surface area contributed by atoms with Gasteiger partial charge in [-0.3, -0.25) is 0 Å². The zero-order valence-electron chi connectivity index (χ0n) is 14.2. The topological polar surface area (TPSA) is 24.9 Å². The number of nitrogens with one attached hydrogen (secondary N) is 1. The van der Waals surface area contributed by atoms with Crippen molar-refractivity contribution in [2.45, 2.75) is 59.9 Å². The van der Waals surface area contributed by atoms with Crippen LogP contribution >= 0.6 is 11.3 Å². The first-order valence-electron chi connectivity index (χ1n) is 7.49. The van der Waals surface area contributed by atoms with Gasteiger partial charge in [0, 0.05) is 16.0 Å². The lowest BCUT2D eigenvalue weighted by Crippen LogP contribution is -2.10. The third-order valence-electron chi connectivity index (χ3n) is 3.47. The normalized spacial score (nSPS) is 13.3. The van der Waals surface area contributed by atoms with Crippen LogP contribution in [0.15, 0.2) is 18.2 Å². The number of aryl methyl sites for hydroxylation is 3. The zero-order valence-corrected chi connectivity index (χ0v) is 15.0. The summed E-state index contributed by atoms with van der Waals surface area (Å²) in [5.74, 6) is 0. The van der Waals surface area contributed by atoms with E-state index in [1.165, 1.54) is 26.7 Å². The lowest BCUT2D eigenvalue weighted by Gasteiger charge is -2.16. The lowest BCUT2D eigenvalue weighted by atomic mass is 9.98. The van der Waals surface area contributed by atoms with Crippen LogP contribution in [0, 0.1) is 20.8 Å². The van der Waals surface area contributed by atoms with Gasteiger partial charge in [0.15, 0.2) is 0 Å². The van der Waals surface area contributed by atoms with Gasteiger partial charge in [0.05, 0.1) is 16.7 Å². The minimum atomic E-state index is 0.118. The molecule has 2 rings (SSSR count). The van der Waals surface area contributed by atoms with E-state index in [1.807, 2.05) is 11.3 Å². The summed E-state index contributed by atoms with van der Waals surface area (Å²) in [5, 5.41) is 4.83. The fraction of sp³-hybridized carbons (Fsp3) is 0.500. The Kier molecular flexibility index (Phi) is 4.43. The number of aromatic nitrogens is 1. The molecule has 1 aromatic carbocycles. The molecule has 0 bridgehead atoms.